The molecule has 6 heteroatoms. The van der Waals surface area contributed by atoms with E-state index in [4.69, 9.17) is 5.73 Å². The molecule has 0 aliphatic heterocycles. The smallest absolute Gasteiger partial charge is 0.222 e. The van der Waals surface area contributed by atoms with Crippen LogP contribution in [0.4, 0.5) is 0 Å². The number of likely N-dealkylation sites (N-methyl/N-ethyl adjacent to an activating group) is 1. The van der Waals surface area contributed by atoms with Gasteiger partial charge in [-0.1, -0.05) is 0 Å². The molecule has 0 radical (unpaired) electrons. The highest BCUT2D eigenvalue weighted by Gasteiger charge is 2.12. The van der Waals surface area contributed by atoms with Gasteiger partial charge in [-0.2, -0.15) is 0 Å². The van der Waals surface area contributed by atoms with Crippen LogP contribution in [-0.4, -0.2) is 43.7 Å². The number of amides is 1. The molecule has 0 aromatic heterocycles. The van der Waals surface area contributed by atoms with Gasteiger partial charge >= 0.3 is 0 Å². The zero-order valence-corrected chi connectivity index (χ0v) is 11.1. The van der Waals surface area contributed by atoms with Gasteiger partial charge in [0, 0.05) is 13.0 Å². The van der Waals surface area contributed by atoms with Gasteiger partial charge in [-0.05, 0) is 33.2 Å². The van der Waals surface area contributed by atoms with Crippen molar-refractivity contribution in [3.63, 3.8) is 0 Å². The second kappa shape index (κ2) is 9.73. The molecule has 0 aromatic rings. The van der Waals surface area contributed by atoms with Crippen molar-refractivity contribution in [2.24, 2.45) is 5.73 Å². The molecule has 0 aliphatic carbocycles. The average molecular weight is 257 g/mol. The third-order valence-corrected chi connectivity index (χ3v) is 2.73. The van der Waals surface area contributed by atoms with Crippen LogP contribution in [0.25, 0.3) is 0 Å². The fraction of sp³-hybridized carbons (Fsp3) is 0.750. The monoisotopic (exact) mass is 257 g/mol. The van der Waals surface area contributed by atoms with Gasteiger partial charge in [0.25, 0.3) is 0 Å². The van der Waals surface area contributed by atoms with Gasteiger partial charge in [-0.15, -0.1) is 0 Å². The lowest BCUT2D eigenvalue weighted by molar-refractivity contribution is -0.125. The lowest BCUT2D eigenvalue weighted by atomic mass is 10.1. The minimum atomic E-state index is -0.714. The Labute approximate surface area is 108 Å². The molecule has 0 rings (SSSR count). The lowest BCUT2D eigenvalue weighted by Gasteiger charge is -2.10. The van der Waals surface area contributed by atoms with Crippen molar-refractivity contribution in [1.29, 1.82) is 0 Å². The number of nitrogens with one attached hydrogen (secondary N) is 2. The normalized spacial score (nSPS) is 13.7. The number of hydrogen-bond acceptors (Lipinski definition) is 5. The Kier molecular flexibility index (Phi) is 9.04. The molecule has 0 bridgehead atoms. The molecule has 0 unspecified atom stereocenters. The Hall–Kier alpha value is -1.27. The first-order valence-corrected chi connectivity index (χ1v) is 6.16. The van der Waals surface area contributed by atoms with Crippen LogP contribution in [0.5, 0.6) is 0 Å². The number of ketones is 1. The summed E-state index contributed by atoms with van der Waals surface area (Å²) in [5, 5.41) is 5.58. The molecule has 0 saturated carbocycles. The van der Waals surface area contributed by atoms with Crippen LogP contribution in [0, 0.1) is 0 Å². The number of unbranched alkanes of at least 4 members (excludes halogenated alkanes) is 1. The highest BCUT2D eigenvalue weighted by molar-refractivity contribution is 5.87. The largest absolute Gasteiger partial charge is 0.356 e. The van der Waals surface area contributed by atoms with Crippen LogP contribution in [0.1, 0.15) is 32.6 Å². The lowest BCUT2D eigenvalue weighted by Crippen LogP contribution is -2.36. The molecule has 0 fully saturated rings. The predicted molar refractivity (Wildman–Crippen MR) is 69.0 cm³/mol. The van der Waals surface area contributed by atoms with Crippen molar-refractivity contribution >= 4 is 18.0 Å². The third-order valence-electron chi connectivity index (χ3n) is 2.73. The van der Waals surface area contributed by atoms with E-state index in [1.54, 1.807) is 7.05 Å². The van der Waals surface area contributed by atoms with Crippen molar-refractivity contribution in [3.05, 3.63) is 0 Å². The van der Waals surface area contributed by atoms with Crippen LogP contribution >= 0.6 is 0 Å². The number of carbonyl (C=O) groups is 3. The molecule has 4 N–H and O–H groups in total. The summed E-state index contributed by atoms with van der Waals surface area (Å²) in [6.45, 7) is 1.91. The van der Waals surface area contributed by atoms with E-state index in [0.29, 0.717) is 6.54 Å². The topological polar surface area (TPSA) is 101 Å². The number of hydrogen-bond donors (Lipinski definition) is 3. The van der Waals surface area contributed by atoms with Crippen LogP contribution in [-0.2, 0) is 14.4 Å². The highest BCUT2D eigenvalue weighted by atomic mass is 16.2. The first kappa shape index (κ1) is 16.7. The van der Waals surface area contributed by atoms with Crippen molar-refractivity contribution < 1.29 is 14.4 Å². The van der Waals surface area contributed by atoms with E-state index in [2.05, 4.69) is 10.6 Å². The molecule has 0 saturated heterocycles. The zero-order chi connectivity index (χ0) is 14.0. The van der Waals surface area contributed by atoms with Crippen LogP contribution in [0.3, 0.4) is 0 Å². The van der Waals surface area contributed by atoms with E-state index in [1.165, 1.54) is 6.92 Å². The van der Waals surface area contributed by atoms with E-state index in [0.717, 1.165) is 25.5 Å². The molecule has 0 aromatic carbocycles. The second-order valence-corrected chi connectivity index (χ2v) is 4.30. The summed E-state index contributed by atoms with van der Waals surface area (Å²) >= 11 is 0. The van der Waals surface area contributed by atoms with Crippen LogP contribution in [0.2, 0.25) is 0 Å². The van der Waals surface area contributed by atoms with Crippen molar-refractivity contribution in [2.45, 2.75) is 44.7 Å². The van der Waals surface area contributed by atoms with Crippen molar-refractivity contribution in [2.75, 3.05) is 13.6 Å². The maximum Gasteiger partial charge on any atom is 0.222 e. The van der Waals surface area contributed by atoms with Gasteiger partial charge in [-0.3, -0.25) is 9.59 Å². The minimum absolute atomic E-state index is 0.0306. The van der Waals surface area contributed by atoms with Gasteiger partial charge in [-0.25, -0.2) is 0 Å². The highest BCUT2D eigenvalue weighted by Crippen LogP contribution is 1.98. The van der Waals surface area contributed by atoms with Gasteiger partial charge in [0.1, 0.15) is 12.1 Å². The molecule has 2 atom stereocenters. The Bertz CT molecular complexity index is 282. The van der Waals surface area contributed by atoms with E-state index in [9.17, 15) is 14.4 Å². The second-order valence-electron chi connectivity index (χ2n) is 4.30. The summed E-state index contributed by atoms with van der Waals surface area (Å²) in [5.41, 5.74) is 5.47. The fourth-order valence-electron chi connectivity index (χ4n) is 1.41. The van der Waals surface area contributed by atoms with E-state index in [-0.39, 0.29) is 24.2 Å². The number of Topliss-reactive ketones (excluding diaryl/α,β-unsaturated/α-hetero) is 1. The molecule has 104 valence electrons. The predicted octanol–water partition coefficient (Wildman–Crippen LogP) is -0.634. The third kappa shape index (κ3) is 7.92. The van der Waals surface area contributed by atoms with Gasteiger partial charge in [0.2, 0.25) is 5.91 Å². The SMILES string of the molecule is CN[C@H](C=O)CCCCNC(=O)C[C@H](N)C(C)=O. The molecule has 0 aliphatic rings. The molecular formula is C12H23N3O3. The molecule has 1 amide bonds. The maximum atomic E-state index is 11.4. The number of rotatable bonds is 10. The van der Waals surface area contributed by atoms with E-state index in [1.807, 2.05) is 0 Å². The van der Waals surface area contributed by atoms with Crippen molar-refractivity contribution in [1.82, 2.24) is 10.6 Å². The summed E-state index contributed by atoms with van der Waals surface area (Å²) in [7, 11) is 1.74. The molecular weight excluding hydrogens is 234 g/mol. The van der Waals surface area contributed by atoms with Crippen LogP contribution < -0.4 is 16.4 Å². The van der Waals surface area contributed by atoms with Crippen molar-refractivity contribution in [3.8, 4) is 0 Å². The summed E-state index contributed by atoms with van der Waals surface area (Å²) in [6.07, 6.45) is 3.31. The van der Waals surface area contributed by atoms with Gasteiger partial charge in [0.05, 0.1) is 12.1 Å². The number of carbonyl (C=O) groups excluding carboxylic acids is 3. The average Bonchev–Trinajstić information content (AvgIpc) is 2.33. The van der Waals surface area contributed by atoms with E-state index >= 15 is 0 Å². The first-order valence-electron chi connectivity index (χ1n) is 6.16. The zero-order valence-electron chi connectivity index (χ0n) is 11.1. The quantitative estimate of drug-likeness (QED) is 0.357. The number of nitrogens with two attached hydrogens (primary N) is 1. The van der Waals surface area contributed by atoms with Gasteiger partial charge < -0.3 is 21.2 Å². The molecule has 18 heavy (non-hydrogen) atoms. The molecule has 0 spiro atoms. The Morgan fingerprint density at radius 3 is 2.50 bits per heavy atom. The summed E-state index contributed by atoms with van der Waals surface area (Å²) in [4.78, 5) is 32.7. The number of aldehydes is 1. The molecule has 6 nitrogen and oxygen atoms in total. The molecule has 0 heterocycles. The van der Waals surface area contributed by atoms with Crippen LogP contribution in [0.15, 0.2) is 0 Å². The summed E-state index contributed by atoms with van der Waals surface area (Å²) in [6, 6.07) is -0.833. The van der Waals surface area contributed by atoms with E-state index < -0.39 is 6.04 Å². The summed E-state index contributed by atoms with van der Waals surface area (Å²) < 4.78 is 0. The minimum Gasteiger partial charge on any atom is -0.356 e. The Balaban J connectivity index is 3.57. The summed E-state index contributed by atoms with van der Waals surface area (Å²) in [5.74, 6) is -0.397. The Morgan fingerprint density at radius 1 is 1.33 bits per heavy atom. The first-order chi connectivity index (χ1) is 8.51. The fourth-order valence-corrected chi connectivity index (χ4v) is 1.41. The maximum absolute atomic E-state index is 11.4. The standard InChI is InChI=1S/C12H23N3O3/c1-9(17)11(13)7-12(18)15-6-4-3-5-10(8-16)14-2/h8,10-11,14H,3-7,13H2,1-2H3,(H,15,18)/t10-,11-/m0/s1. The Morgan fingerprint density at radius 2 is 2.00 bits per heavy atom. The van der Waals surface area contributed by atoms with Gasteiger partial charge in [0.15, 0.2) is 0 Å².